The standard InChI is InChI=1S/2C8H8O3.Ca/c2*9-7-3-1-6(2-4-7)5-8(10)11;/h2*1-4,9H,5H2,(H,10,11);/q;;+2/p-2. The summed E-state index contributed by atoms with van der Waals surface area (Å²) in [5, 5.41) is 37.8. The minimum absolute atomic E-state index is 0. The van der Waals surface area contributed by atoms with Gasteiger partial charge in [-0.15, -0.1) is 0 Å². The van der Waals surface area contributed by atoms with Crippen LogP contribution in [0.5, 0.6) is 11.5 Å². The van der Waals surface area contributed by atoms with Gasteiger partial charge in [-0.2, -0.15) is 0 Å². The molecule has 0 radical (unpaired) electrons. The normalized spacial score (nSPS) is 9.04. The number of phenols is 2. The minimum atomic E-state index is -1.12. The summed E-state index contributed by atoms with van der Waals surface area (Å²) in [4.78, 5) is 20.2. The maximum Gasteiger partial charge on any atom is 2.00 e. The molecule has 0 saturated heterocycles. The maximum absolute atomic E-state index is 10.1. The SMILES string of the molecule is O=C([O-])Cc1ccc(O)cc1.O=C([O-])Cc1ccc(O)cc1.[Ca+2]. The Labute approximate surface area is 163 Å². The number of carbonyl (C=O) groups is 2. The molecule has 0 atom stereocenters. The van der Waals surface area contributed by atoms with Crippen LogP contribution in [-0.4, -0.2) is 59.9 Å². The number of carboxylic acid groups (broad SMARTS) is 2. The molecular formula is C16H14CaO6. The second-order valence-electron chi connectivity index (χ2n) is 4.43. The van der Waals surface area contributed by atoms with Crippen molar-refractivity contribution in [1.82, 2.24) is 0 Å². The van der Waals surface area contributed by atoms with Crippen LogP contribution >= 0.6 is 0 Å². The molecule has 0 unspecified atom stereocenters. The number of aromatic hydroxyl groups is 2. The van der Waals surface area contributed by atoms with Crippen molar-refractivity contribution < 1.29 is 30.0 Å². The van der Waals surface area contributed by atoms with E-state index in [-0.39, 0.29) is 62.1 Å². The Hall–Kier alpha value is -1.76. The van der Waals surface area contributed by atoms with Crippen molar-refractivity contribution in [2.45, 2.75) is 12.8 Å². The van der Waals surface area contributed by atoms with Crippen molar-refractivity contribution in [3.8, 4) is 11.5 Å². The molecule has 0 bridgehead atoms. The Morgan fingerprint density at radius 1 is 0.696 bits per heavy atom. The zero-order valence-electron chi connectivity index (χ0n) is 12.3. The van der Waals surface area contributed by atoms with Gasteiger partial charge < -0.3 is 30.0 Å². The van der Waals surface area contributed by atoms with Gasteiger partial charge in [0.05, 0.1) is 0 Å². The summed E-state index contributed by atoms with van der Waals surface area (Å²) in [5.74, 6) is -1.97. The molecule has 0 aliphatic heterocycles. The average Bonchev–Trinajstić information content (AvgIpc) is 2.44. The Morgan fingerprint density at radius 3 is 1.17 bits per heavy atom. The van der Waals surface area contributed by atoms with Crippen molar-refractivity contribution in [3.05, 3.63) is 59.7 Å². The van der Waals surface area contributed by atoms with E-state index in [0.717, 1.165) is 0 Å². The number of phenolic OH excluding ortho intramolecular Hbond substituents is 2. The molecule has 2 aromatic rings. The number of rotatable bonds is 4. The number of carboxylic acids is 2. The summed E-state index contributed by atoms with van der Waals surface area (Å²) in [7, 11) is 0. The van der Waals surface area contributed by atoms with E-state index in [9.17, 15) is 19.8 Å². The fourth-order valence-electron chi connectivity index (χ4n) is 1.56. The number of hydrogen-bond acceptors (Lipinski definition) is 6. The number of benzene rings is 2. The van der Waals surface area contributed by atoms with Crippen molar-refractivity contribution in [3.63, 3.8) is 0 Å². The molecule has 0 saturated carbocycles. The quantitative estimate of drug-likeness (QED) is 0.687. The summed E-state index contributed by atoms with van der Waals surface area (Å²) in [5.41, 5.74) is 1.26. The molecule has 0 aromatic heterocycles. The van der Waals surface area contributed by atoms with Gasteiger partial charge in [0.2, 0.25) is 0 Å². The smallest absolute Gasteiger partial charge is 0.550 e. The fraction of sp³-hybridized carbons (Fsp3) is 0.125. The van der Waals surface area contributed by atoms with E-state index >= 15 is 0 Å². The zero-order valence-corrected chi connectivity index (χ0v) is 14.5. The van der Waals surface area contributed by atoms with E-state index in [1.54, 1.807) is 24.3 Å². The van der Waals surface area contributed by atoms with Gasteiger partial charge in [-0.1, -0.05) is 24.3 Å². The van der Waals surface area contributed by atoms with Crippen LogP contribution < -0.4 is 10.2 Å². The Morgan fingerprint density at radius 2 is 0.957 bits per heavy atom. The van der Waals surface area contributed by atoms with E-state index < -0.39 is 11.9 Å². The predicted molar refractivity (Wildman–Crippen MR) is 79.4 cm³/mol. The monoisotopic (exact) mass is 342 g/mol. The van der Waals surface area contributed by atoms with E-state index in [1.165, 1.54) is 24.3 Å². The molecule has 0 aliphatic carbocycles. The van der Waals surface area contributed by atoms with Crippen LogP contribution in [0.3, 0.4) is 0 Å². The molecule has 116 valence electrons. The summed E-state index contributed by atoms with van der Waals surface area (Å²) in [6.45, 7) is 0. The van der Waals surface area contributed by atoms with E-state index in [2.05, 4.69) is 0 Å². The summed E-state index contributed by atoms with van der Waals surface area (Å²) < 4.78 is 0. The molecule has 0 aliphatic rings. The molecule has 0 spiro atoms. The van der Waals surface area contributed by atoms with Gasteiger partial charge in [0.15, 0.2) is 0 Å². The van der Waals surface area contributed by atoms with Crippen LogP contribution in [0.25, 0.3) is 0 Å². The third-order valence-electron chi connectivity index (χ3n) is 2.57. The molecule has 0 amide bonds. The van der Waals surface area contributed by atoms with Gasteiger partial charge in [-0.05, 0) is 35.4 Å². The van der Waals surface area contributed by atoms with Crippen LogP contribution in [0, 0.1) is 0 Å². The van der Waals surface area contributed by atoms with Gasteiger partial charge in [0.1, 0.15) is 11.5 Å². The first kappa shape index (κ1) is 21.2. The first-order valence-electron chi connectivity index (χ1n) is 6.32. The number of aliphatic carboxylic acids is 2. The molecule has 2 aromatic carbocycles. The van der Waals surface area contributed by atoms with Gasteiger partial charge >= 0.3 is 37.7 Å². The van der Waals surface area contributed by atoms with Crippen LogP contribution in [0.15, 0.2) is 48.5 Å². The third-order valence-corrected chi connectivity index (χ3v) is 2.57. The minimum Gasteiger partial charge on any atom is -0.550 e. The van der Waals surface area contributed by atoms with Crippen molar-refractivity contribution in [1.29, 1.82) is 0 Å². The van der Waals surface area contributed by atoms with Gasteiger partial charge in [-0.25, -0.2) is 0 Å². The largest absolute Gasteiger partial charge is 2.00 e. The number of carbonyl (C=O) groups excluding carboxylic acids is 2. The molecular weight excluding hydrogens is 328 g/mol. The van der Waals surface area contributed by atoms with Crippen LogP contribution in [0.4, 0.5) is 0 Å². The second-order valence-corrected chi connectivity index (χ2v) is 4.43. The number of hydrogen-bond donors (Lipinski definition) is 2. The predicted octanol–water partition coefficient (Wildman–Crippen LogP) is -1.01. The van der Waals surface area contributed by atoms with E-state index in [4.69, 9.17) is 10.2 Å². The van der Waals surface area contributed by atoms with E-state index in [1.807, 2.05) is 0 Å². The second kappa shape index (κ2) is 10.9. The van der Waals surface area contributed by atoms with Crippen LogP contribution in [0.1, 0.15) is 11.1 Å². The summed E-state index contributed by atoms with van der Waals surface area (Å²) >= 11 is 0. The van der Waals surface area contributed by atoms with Gasteiger partial charge in [0, 0.05) is 24.8 Å². The summed E-state index contributed by atoms with van der Waals surface area (Å²) in [6, 6.07) is 12.0. The molecule has 0 fully saturated rings. The van der Waals surface area contributed by atoms with Crippen LogP contribution in [0.2, 0.25) is 0 Å². The van der Waals surface area contributed by atoms with Crippen molar-refractivity contribution in [2.75, 3.05) is 0 Å². The van der Waals surface area contributed by atoms with Crippen LogP contribution in [-0.2, 0) is 22.4 Å². The van der Waals surface area contributed by atoms with E-state index in [0.29, 0.717) is 11.1 Å². The molecule has 0 heterocycles. The first-order chi connectivity index (χ1) is 10.4. The maximum atomic E-state index is 10.1. The Balaban J connectivity index is 0.000000403. The molecule has 2 rings (SSSR count). The average molecular weight is 342 g/mol. The summed E-state index contributed by atoms with van der Waals surface area (Å²) in [6.07, 6.45) is -0.222. The van der Waals surface area contributed by atoms with Gasteiger partial charge in [0.25, 0.3) is 0 Å². The van der Waals surface area contributed by atoms with Crippen molar-refractivity contribution >= 4 is 49.7 Å². The molecule has 23 heavy (non-hydrogen) atoms. The first-order valence-corrected chi connectivity index (χ1v) is 6.32. The molecule has 6 nitrogen and oxygen atoms in total. The molecule has 7 heteroatoms. The Kier molecular flexibility index (Phi) is 10.0. The van der Waals surface area contributed by atoms with Crippen molar-refractivity contribution in [2.24, 2.45) is 0 Å². The Bertz CT molecular complexity index is 565. The molecule has 2 N–H and O–H groups in total. The topological polar surface area (TPSA) is 121 Å². The zero-order chi connectivity index (χ0) is 16.5. The fourth-order valence-corrected chi connectivity index (χ4v) is 1.56. The van der Waals surface area contributed by atoms with Gasteiger partial charge in [-0.3, -0.25) is 0 Å². The third kappa shape index (κ3) is 9.78.